The van der Waals surface area contributed by atoms with E-state index in [2.05, 4.69) is 5.32 Å². The Balaban J connectivity index is 2.09. The number of nitrogens with zero attached hydrogens (tertiary/aromatic N) is 2. The first-order valence-corrected chi connectivity index (χ1v) is 15.3. The number of hydrogen-bond acceptors (Lipinski definition) is 4. The van der Waals surface area contributed by atoms with Gasteiger partial charge in [-0.1, -0.05) is 79.5 Å². The molecule has 9 heteroatoms. The third-order valence-electron chi connectivity index (χ3n) is 6.94. The van der Waals surface area contributed by atoms with Crippen LogP contribution in [0.1, 0.15) is 50.3 Å². The zero-order valence-electron chi connectivity index (χ0n) is 23.7. The summed E-state index contributed by atoms with van der Waals surface area (Å²) in [5.41, 5.74) is 2.70. The van der Waals surface area contributed by atoms with E-state index < -0.39 is 28.5 Å². The number of aryl methyl sites for hydroxylation is 1. The Bertz CT molecular complexity index is 1430. The van der Waals surface area contributed by atoms with Gasteiger partial charge in [0, 0.05) is 17.6 Å². The van der Waals surface area contributed by atoms with E-state index in [4.69, 9.17) is 11.6 Å². The summed E-state index contributed by atoms with van der Waals surface area (Å²) in [5, 5.41) is 3.37. The molecule has 3 aromatic carbocycles. The molecule has 2 atom stereocenters. The normalized spacial score (nSPS) is 12.8. The average molecular weight is 584 g/mol. The summed E-state index contributed by atoms with van der Waals surface area (Å²) >= 11 is 6.38. The number of nitrogens with one attached hydrogen (secondary N) is 1. The number of carbonyl (C=O) groups is 2. The van der Waals surface area contributed by atoms with Crippen LogP contribution in [0.5, 0.6) is 0 Å². The lowest BCUT2D eigenvalue weighted by Crippen LogP contribution is -2.53. The Morgan fingerprint density at radius 1 is 0.925 bits per heavy atom. The molecule has 0 bridgehead atoms. The summed E-state index contributed by atoms with van der Waals surface area (Å²) in [6.45, 7) is 9.05. The third kappa shape index (κ3) is 7.43. The molecular weight excluding hydrogens is 546 g/mol. The second-order valence-electron chi connectivity index (χ2n) is 9.96. The Morgan fingerprint density at radius 3 is 2.23 bits per heavy atom. The number of amides is 2. The van der Waals surface area contributed by atoms with Crippen molar-refractivity contribution in [3.8, 4) is 0 Å². The highest BCUT2D eigenvalue weighted by Crippen LogP contribution is 2.31. The van der Waals surface area contributed by atoms with Crippen LogP contribution in [0.2, 0.25) is 5.02 Å². The summed E-state index contributed by atoms with van der Waals surface area (Å²) < 4.78 is 29.0. The Hall–Kier alpha value is -3.36. The number of hydrogen-bond donors (Lipinski definition) is 1. The number of benzene rings is 3. The fraction of sp³-hybridized carbons (Fsp3) is 0.355. The largest absolute Gasteiger partial charge is 0.352 e. The molecule has 2 amide bonds. The van der Waals surface area contributed by atoms with Crippen molar-refractivity contribution >= 4 is 39.1 Å². The topological polar surface area (TPSA) is 86.8 Å². The van der Waals surface area contributed by atoms with Crippen molar-refractivity contribution in [1.29, 1.82) is 0 Å². The van der Waals surface area contributed by atoms with Crippen LogP contribution < -0.4 is 9.62 Å². The van der Waals surface area contributed by atoms with Gasteiger partial charge in [0.2, 0.25) is 11.8 Å². The number of carbonyl (C=O) groups excluding carboxylic acids is 2. The lowest BCUT2D eigenvalue weighted by Gasteiger charge is -2.34. The minimum atomic E-state index is -4.15. The molecule has 0 aliphatic rings. The molecule has 3 aromatic rings. The first-order valence-electron chi connectivity index (χ1n) is 13.5. The summed E-state index contributed by atoms with van der Waals surface area (Å²) in [5.74, 6) is -0.763. The van der Waals surface area contributed by atoms with Crippen molar-refractivity contribution < 1.29 is 18.0 Å². The molecule has 0 fully saturated rings. The Kier molecular flexibility index (Phi) is 10.8. The van der Waals surface area contributed by atoms with Gasteiger partial charge in [-0.05, 0) is 69.0 Å². The molecule has 1 N–H and O–H groups in total. The van der Waals surface area contributed by atoms with Gasteiger partial charge in [0.15, 0.2) is 0 Å². The van der Waals surface area contributed by atoms with Crippen LogP contribution >= 0.6 is 11.6 Å². The molecule has 0 unspecified atom stereocenters. The minimum Gasteiger partial charge on any atom is -0.352 e. The summed E-state index contributed by atoms with van der Waals surface area (Å²) in [6, 6.07) is 19.8. The maximum absolute atomic E-state index is 14.2. The third-order valence-corrected chi connectivity index (χ3v) is 9.12. The fourth-order valence-corrected chi connectivity index (χ4v) is 6.13. The molecule has 0 saturated carbocycles. The molecular formula is C31H38ClN3O4S. The molecule has 0 radical (unpaired) electrons. The molecule has 0 spiro atoms. The van der Waals surface area contributed by atoms with Gasteiger partial charge < -0.3 is 10.2 Å². The second-order valence-corrected chi connectivity index (χ2v) is 12.2. The molecule has 3 rings (SSSR count). The molecule has 0 aliphatic heterocycles. The van der Waals surface area contributed by atoms with E-state index in [1.165, 1.54) is 17.0 Å². The van der Waals surface area contributed by atoms with Gasteiger partial charge in [-0.2, -0.15) is 0 Å². The second kappa shape index (κ2) is 13.8. The smallest absolute Gasteiger partial charge is 0.264 e. The number of rotatable bonds is 12. The van der Waals surface area contributed by atoms with E-state index in [1.807, 2.05) is 52.0 Å². The summed E-state index contributed by atoms with van der Waals surface area (Å²) in [6.07, 6.45) is 1.10. The van der Waals surface area contributed by atoms with Crippen molar-refractivity contribution in [3.05, 3.63) is 94.5 Å². The summed E-state index contributed by atoms with van der Waals surface area (Å²) in [7, 11) is -4.15. The first-order chi connectivity index (χ1) is 19.0. The van der Waals surface area contributed by atoms with E-state index >= 15 is 0 Å². The van der Waals surface area contributed by atoms with Crippen LogP contribution in [-0.2, 0) is 26.2 Å². The highest BCUT2D eigenvalue weighted by Gasteiger charge is 2.34. The number of anilines is 1. The predicted octanol–water partition coefficient (Wildman–Crippen LogP) is 5.87. The fourth-order valence-electron chi connectivity index (χ4n) is 4.47. The monoisotopic (exact) mass is 583 g/mol. The standard InChI is InChI=1S/C31H38ClN3O4S/c1-6-23(4)33-31(37)28(7-2)34(20-25-14-11-13-22(3)19-25)30(36)21-35(29-18-12-17-27(32)24(29)5)40(38,39)26-15-9-8-10-16-26/h8-19,23,28H,6-7,20-21H2,1-5H3,(H,33,37)/t23-,28+/m0/s1. The van der Waals surface area contributed by atoms with Crippen LogP contribution in [0, 0.1) is 13.8 Å². The highest BCUT2D eigenvalue weighted by molar-refractivity contribution is 7.92. The molecule has 0 aromatic heterocycles. The Morgan fingerprint density at radius 2 is 1.60 bits per heavy atom. The van der Waals surface area contributed by atoms with Crippen molar-refractivity contribution in [2.45, 2.75) is 71.0 Å². The van der Waals surface area contributed by atoms with E-state index in [0.717, 1.165) is 21.9 Å². The predicted molar refractivity (Wildman–Crippen MR) is 161 cm³/mol. The van der Waals surface area contributed by atoms with E-state index in [9.17, 15) is 18.0 Å². The van der Waals surface area contributed by atoms with Crippen LogP contribution in [0.25, 0.3) is 0 Å². The SMILES string of the molecule is CC[C@H](C(=O)N[C@@H](C)CC)N(Cc1cccc(C)c1)C(=O)CN(c1cccc(Cl)c1C)S(=O)(=O)c1ccccc1. The van der Waals surface area contributed by atoms with Crippen molar-refractivity contribution in [3.63, 3.8) is 0 Å². The molecule has 0 aliphatic carbocycles. The lowest BCUT2D eigenvalue weighted by atomic mass is 10.1. The van der Waals surface area contributed by atoms with Crippen LogP contribution in [0.3, 0.4) is 0 Å². The van der Waals surface area contributed by atoms with Gasteiger partial charge in [-0.3, -0.25) is 13.9 Å². The van der Waals surface area contributed by atoms with Crippen LogP contribution in [-0.4, -0.2) is 43.8 Å². The number of halogens is 1. The van der Waals surface area contributed by atoms with Crippen molar-refractivity contribution in [1.82, 2.24) is 10.2 Å². The molecule has 40 heavy (non-hydrogen) atoms. The van der Waals surface area contributed by atoms with Crippen molar-refractivity contribution in [2.24, 2.45) is 0 Å². The zero-order valence-corrected chi connectivity index (χ0v) is 25.3. The van der Waals surface area contributed by atoms with E-state index in [1.54, 1.807) is 43.3 Å². The van der Waals surface area contributed by atoms with E-state index in [0.29, 0.717) is 22.7 Å². The van der Waals surface area contributed by atoms with Gasteiger partial charge in [0.25, 0.3) is 10.0 Å². The van der Waals surface area contributed by atoms with Crippen molar-refractivity contribution in [2.75, 3.05) is 10.8 Å². The maximum Gasteiger partial charge on any atom is 0.264 e. The maximum atomic E-state index is 14.2. The molecule has 7 nitrogen and oxygen atoms in total. The van der Waals surface area contributed by atoms with Crippen LogP contribution in [0.15, 0.2) is 77.7 Å². The Labute approximate surface area is 243 Å². The molecule has 0 heterocycles. The van der Waals surface area contributed by atoms with Gasteiger partial charge >= 0.3 is 0 Å². The lowest BCUT2D eigenvalue weighted by molar-refractivity contribution is -0.140. The summed E-state index contributed by atoms with van der Waals surface area (Å²) in [4.78, 5) is 29.1. The quantitative estimate of drug-likeness (QED) is 0.289. The van der Waals surface area contributed by atoms with E-state index in [-0.39, 0.29) is 23.4 Å². The van der Waals surface area contributed by atoms with Gasteiger partial charge in [-0.15, -0.1) is 0 Å². The van der Waals surface area contributed by atoms with Gasteiger partial charge in [0.05, 0.1) is 10.6 Å². The van der Waals surface area contributed by atoms with Crippen LogP contribution in [0.4, 0.5) is 5.69 Å². The highest BCUT2D eigenvalue weighted by atomic mass is 35.5. The zero-order chi connectivity index (χ0) is 29.4. The number of sulfonamides is 1. The average Bonchev–Trinajstić information content (AvgIpc) is 2.93. The molecule has 0 saturated heterocycles. The van der Waals surface area contributed by atoms with Gasteiger partial charge in [-0.25, -0.2) is 8.42 Å². The minimum absolute atomic E-state index is 0.0500. The molecule has 214 valence electrons. The first kappa shape index (κ1) is 31.2. The van der Waals surface area contributed by atoms with Gasteiger partial charge in [0.1, 0.15) is 12.6 Å².